The summed E-state index contributed by atoms with van der Waals surface area (Å²) in [4.78, 5) is 24.2. The van der Waals surface area contributed by atoms with E-state index in [1.165, 1.54) is 6.26 Å². The maximum absolute atomic E-state index is 12.3. The van der Waals surface area contributed by atoms with Gasteiger partial charge in [0.1, 0.15) is 0 Å². The van der Waals surface area contributed by atoms with Crippen LogP contribution in [0.1, 0.15) is 23.4 Å². The zero-order valence-electron chi connectivity index (χ0n) is 14.1. The first-order valence-electron chi connectivity index (χ1n) is 8.22. The first-order valence-corrected chi connectivity index (χ1v) is 8.22. The van der Waals surface area contributed by atoms with Crippen LogP contribution in [0.15, 0.2) is 47.1 Å². The molecule has 0 bridgehead atoms. The number of carbonyl (C=O) groups is 2. The predicted octanol–water partition coefficient (Wildman–Crippen LogP) is 2.65. The second kappa shape index (κ2) is 9.38. The van der Waals surface area contributed by atoms with E-state index in [1.54, 1.807) is 36.4 Å². The van der Waals surface area contributed by atoms with Crippen molar-refractivity contribution in [2.45, 2.75) is 18.9 Å². The van der Waals surface area contributed by atoms with Crippen molar-refractivity contribution in [2.75, 3.05) is 23.8 Å². The Hall–Kier alpha value is -2.35. The Kier molecular flexibility index (Phi) is 7.20. The van der Waals surface area contributed by atoms with E-state index in [4.69, 9.17) is 14.9 Å². The number of furan rings is 1. The van der Waals surface area contributed by atoms with Gasteiger partial charge >= 0.3 is 0 Å². The van der Waals surface area contributed by atoms with Crippen LogP contribution >= 0.6 is 12.4 Å². The largest absolute Gasteiger partial charge is 0.459 e. The fraction of sp³-hybridized carbons (Fsp3) is 0.333. The Morgan fingerprint density at radius 3 is 2.23 bits per heavy atom. The molecular weight excluding hydrogens is 358 g/mol. The molecule has 1 aromatic heterocycles. The molecule has 8 heteroatoms. The Bertz CT molecular complexity index is 713. The number of benzene rings is 1. The number of anilines is 2. The molecule has 2 heterocycles. The molecule has 7 nitrogen and oxygen atoms in total. The number of hydrogen-bond donors (Lipinski definition) is 3. The van der Waals surface area contributed by atoms with Gasteiger partial charge < -0.3 is 25.5 Å². The summed E-state index contributed by atoms with van der Waals surface area (Å²) in [6.07, 6.45) is 3.04. The molecule has 1 fully saturated rings. The Morgan fingerprint density at radius 2 is 1.65 bits per heavy atom. The van der Waals surface area contributed by atoms with Gasteiger partial charge in [-0.05, 0) is 55.2 Å². The average molecular weight is 380 g/mol. The van der Waals surface area contributed by atoms with Crippen LogP contribution in [-0.4, -0.2) is 31.1 Å². The number of rotatable bonds is 5. The highest BCUT2D eigenvalue weighted by molar-refractivity contribution is 6.02. The van der Waals surface area contributed by atoms with Crippen LogP contribution in [0.2, 0.25) is 0 Å². The maximum atomic E-state index is 12.3. The highest BCUT2D eigenvalue weighted by Crippen LogP contribution is 2.20. The summed E-state index contributed by atoms with van der Waals surface area (Å²) in [7, 11) is 0. The van der Waals surface area contributed by atoms with Gasteiger partial charge in [0.25, 0.3) is 5.91 Å². The van der Waals surface area contributed by atoms with Gasteiger partial charge in [0.05, 0.1) is 12.3 Å². The minimum Gasteiger partial charge on any atom is -0.459 e. The molecule has 0 saturated carbocycles. The van der Waals surface area contributed by atoms with Crippen LogP contribution in [0.5, 0.6) is 0 Å². The monoisotopic (exact) mass is 379 g/mol. The first-order chi connectivity index (χ1) is 12.1. The number of nitrogens with two attached hydrogens (primary N) is 1. The molecule has 0 aliphatic carbocycles. The zero-order chi connectivity index (χ0) is 17.6. The molecule has 0 spiro atoms. The minimum absolute atomic E-state index is 0. The average Bonchev–Trinajstić information content (AvgIpc) is 3.18. The summed E-state index contributed by atoms with van der Waals surface area (Å²) in [6.45, 7) is 1.30. The highest BCUT2D eigenvalue weighted by atomic mass is 35.5. The van der Waals surface area contributed by atoms with Gasteiger partial charge in [-0.2, -0.15) is 0 Å². The van der Waals surface area contributed by atoms with Gasteiger partial charge in [0.15, 0.2) is 5.76 Å². The molecule has 1 atom stereocenters. The lowest BCUT2D eigenvalue weighted by Gasteiger charge is -2.26. The summed E-state index contributed by atoms with van der Waals surface area (Å²) in [5, 5.41) is 5.53. The van der Waals surface area contributed by atoms with Crippen molar-refractivity contribution in [3.63, 3.8) is 0 Å². The van der Waals surface area contributed by atoms with Crippen molar-refractivity contribution in [3.05, 3.63) is 48.4 Å². The molecule has 1 aliphatic heterocycles. The normalized spacial score (nSPS) is 15.6. The summed E-state index contributed by atoms with van der Waals surface area (Å²) < 4.78 is 10.3. The smallest absolute Gasteiger partial charge is 0.291 e. The fourth-order valence-corrected chi connectivity index (χ4v) is 2.75. The van der Waals surface area contributed by atoms with Crippen LogP contribution in [0.25, 0.3) is 0 Å². The van der Waals surface area contributed by atoms with Gasteiger partial charge in [-0.1, -0.05) is 0 Å². The second-order valence-corrected chi connectivity index (χ2v) is 5.97. The molecule has 2 aromatic rings. The van der Waals surface area contributed by atoms with Crippen LogP contribution in [0, 0.1) is 5.92 Å². The molecule has 3 rings (SSSR count). The standard InChI is InChI=1S/C18H21N3O4.ClH/c19-16(12-7-10-24-11-8-12)18(23)21-14-5-3-13(4-6-14)20-17(22)15-2-1-9-25-15;/h1-6,9,12,16H,7-8,10-11,19H2,(H,20,22)(H,21,23);1H. The number of amides is 2. The number of nitrogens with one attached hydrogen (secondary N) is 2. The van der Waals surface area contributed by atoms with Crippen molar-refractivity contribution in [1.29, 1.82) is 0 Å². The quantitative estimate of drug-likeness (QED) is 0.740. The van der Waals surface area contributed by atoms with Gasteiger partial charge in [-0.25, -0.2) is 0 Å². The second-order valence-electron chi connectivity index (χ2n) is 5.97. The highest BCUT2D eigenvalue weighted by Gasteiger charge is 2.26. The van der Waals surface area contributed by atoms with E-state index in [1.807, 2.05) is 0 Å². The summed E-state index contributed by atoms with van der Waals surface area (Å²) in [5.74, 6) is -0.164. The molecule has 4 N–H and O–H groups in total. The molecule has 2 amide bonds. The van der Waals surface area contributed by atoms with Crippen LogP contribution in [-0.2, 0) is 9.53 Å². The minimum atomic E-state index is -0.553. The van der Waals surface area contributed by atoms with Gasteiger partial charge in [-0.15, -0.1) is 12.4 Å². The van der Waals surface area contributed by atoms with E-state index in [9.17, 15) is 9.59 Å². The molecule has 1 aromatic carbocycles. The number of carbonyl (C=O) groups excluding carboxylic acids is 2. The van der Waals surface area contributed by atoms with Crippen LogP contribution in [0.3, 0.4) is 0 Å². The van der Waals surface area contributed by atoms with Crippen LogP contribution in [0.4, 0.5) is 11.4 Å². The molecular formula is C18H22ClN3O4. The number of halogens is 1. The fourth-order valence-electron chi connectivity index (χ4n) is 2.75. The van der Waals surface area contributed by atoms with Crippen molar-refractivity contribution in [2.24, 2.45) is 11.7 Å². The first kappa shape index (κ1) is 20.0. The molecule has 0 radical (unpaired) electrons. The lowest BCUT2D eigenvalue weighted by molar-refractivity contribution is -0.119. The van der Waals surface area contributed by atoms with Crippen molar-refractivity contribution in [1.82, 2.24) is 0 Å². The van der Waals surface area contributed by atoms with E-state index in [0.29, 0.717) is 24.6 Å². The molecule has 1 aliphatic rings. The van der Waals surface area contributed by atoms with Crippen LogP contribution < -0.4 is 16.4 Å². The Morgan fingerprint density at radius 1 is 1.04 bits per heavy atom. The Balaban J connectivity index is 0.00000243. The molecule has 26 heavy (non-hydrogen) atoms. The van der Waals surface area contributed by atoms with Crippen molar-refractivity contribution in [3.8, 4) is 0 Å². The van der Waals surface area contributed by atoms with Crippen molar-refractivity contribution >= 4 is 35.6 Å². The van der Waals surface area contributed by atoms with Gasteiger partial charge in [0.2, 0.25) is 5.91 Å². The summed E-state index contributed by atoms with van der Waals surface area (Å²) in [5.41, 5.74) is 7.29. The third-order valence-corrected chi connectivity index (χ3v) is 4.23. The third kappa shape index (κ3) is 5.08. The Labute approximate surface area is 157 Å². The number of hydrogen-bond acceptors (Lipinski definition) is 5. The summed E-state index contributed by atoms with van der Waals surface area (Å²) in [6, 6.07) is 9.52. The van der Waals surface area contributed by atoms with E-state index in [2.05, 4.69) is 10.6 Å². The van der Waals surface area contributed by atoms with Crippen molar-refractivity contribution < 1.29 is 18.7 Å². The molecule has 1 unspecified atom stereocenters. The molecule has 1 saturated heterocycles. The topological polar surface area (TPSA) is 107 Å². The number of ether oxygens (including phenoxy) is 1. The van der Waals surface area contributed by atoms with E-state index >= 15 is 0 Å². The van der Waals surface area contributed by atoms with E-state index < -0.39 is 6.04 Å². The zero-order valence-corrected chi connectivity index (χ0v) is 15.0. The van der Waals surface area contributed by atoms with Gasteiger partial charge in [0, 0.05) is 24.6 Å². The third-order valence-electron chi connectivity index (χ3n) is 4.23. The lowest BCUT2D eigenvalue weighted by atomic mass is 9.92. The molecule has 140 valence electrons. The van der Waals surface area contributed by atoms with Gasteiger partial charge in [-0.3, -0.25) is 9.59 Å². The van der Waals surface area contributed by atoms with E-state index in [-0.39, 0.29) is 35.9 Å². The van der Waals surface area contributed by atoms with E-state index in [0.717, 1.165) is 12.8 Å². The maximum Gasteiger partial charge on any atom is 0.291 e. The lowest BCUT2D eigenvalue weighted by Crippen LogP contribution is -2.43. The predicted molar refractivity (Wildman–Crippen MR) is 100 cm³/mol. The SMILES string of the molecule is Cl.NC(C(=O)Nc1ccc(NC(=O)c2ccco2)cc1)C1CCOCC1. The summed E-state index contributed by atoms with van der Waals surface area (Å²) >= 11 is 0.